The van der Waals surface area contributed by atoms with E-state index in [0.717, 1.165) is 0 Å². The third kappa shape index (κ3) is 1.85. The molecule has 0 saturated heterocycles. The molecule has 1 heterocycles. The van der Waals surface area contributed by atoms with Crippen LogP contribution >= 0.6 is 0 Å². The van der Waals surface area contributed by atoms with E-state index in [9.17, 15) is 13.5 Å². The molecule has 1 aromatic carbocycles. The first-order valence-electron chi connectivity index (χ1n) is 5.26. The van der Waals surface area contributed by atoms with Crippen LogP contribution in [0.5, 0.6) is 5.75 Å². The van der Waals surface area contributed by atoms with Crippen LogP contribution in [0.3, 0.4) is 0 Å². The fourth-order valence-corrected chi connectivity index (χ4v) is 3.54. The largest absolute Gasteiger partial charge is 0.496 e. The molecule has 0 aliphatic carbocycles. The second-order valence-electron chi connectivity index (χ2n) is 4.04. The van der Waals surface area contributed by atoms with Crippen LogP contribution in [0.15, 0.2) is 28.5 Å². The number of sulfone groups is 1. The van der Waals surface area contributed by atoms with E-state index in [-0.39, 0.29) is 17.4 Å². The number of hydrogen-bond acceptors (Lipinski definition) is 4. The number of methoxy groups -OCH3 is 1. The number of fused-ring (bicyclic) bond motifs is 1. The molecular weight excluding hydrogens is 240 g/mol. The summed E-state index contributed by atoms with van der Waals surface area (Å²) in [7, 11) is -1.89. The van der Waals surface area contributed by atoms with Crippen LogP contribution in [0.4, 0.5) is 0 Å². The summed E-state index contributed by atoms with van der Waals surface area (Å²) >= 11 is 0. The van der Waals surface area contributed by atoms with Crippen LogP contribution in [-0.4, -0.2) is 27.2 Å². The van der Waals surface area contributed by atoms with Crippen molar-refractivity contribution in [1.29, 1.82) is 0 Å². The van der Waals surface area contributed by atoms with Crippen molar-refractivity contribution in [1.82, 2.24) is 0 Å². The van der Waals surface area contributed by atoms with Crippen LogP contribution in [-0.2, 0) is 9.84 Å². The third-order valence-electron chi connectivity index (χ3n) is 2.89. The van der Waals surface area contributed by atoms with Crippen molar-refractivity contribution in [2.45, 2.75) is 11.8 Å². The van der Waals surface area contributed by atoms with Gasteiger partial charge in [0.15, 0.2) is 0 Å². The van der Waals surface area contributed by atoms with Gasteiger partial charge in [-0.2, -0.15) is 0 Å². The first-order chi connectivity index (χ1) is 8.01. The Labute approximate surface area is 100 Å². The Kier molecular flexibility index (Phi) is 2.97. The summed E-state index contributed by atoms with van der Waals surface area (Å²) in [5, 5.41) is 10.4. The Hall–Kier alpha value is -1.33. The molecule has 0 saturated carbocycles. The van der Waals surface area contributed by atoms with Crippen molar-refractivity contribution >= 4 is 15.4 Å². The minimum Gasteiger partial charge on any atom is -0.496 e. The van der Waals surface area contributed by atoms with Gasteiger partial charge in [-0.1, -0.05) is 13.0 Å². The Morgan fingerprint density at radius 2 is 2.12 bits per heavy atom. The molecule has 0 amide bonds. The molecule has 17 heavy (non-hydrogen) atoms. The SMILES string of the molecule is COc1cccc2c1C(C(C)CO)=CS2(=O)=O. The molecule has 0 spiro atoms. The van der Waals surface area contributed by atoms with E-state index < -0.39 is 9.84 Å². The monoisotopic (exact) mass is 254 g/mol. The standard InChI is InChI=1S/C12H14O4S/c1-8(6-13)9-7-17(14,15)11-5-3-4-10(16-2)12(9)11/h3-5,7-8,13H,6H2,1-2H3. The Bertz CT molecular complexity index is 572. The van der Waals surface area contributed by atoms with E-state index in [1.165, 1.54) is 12.5 Å². The molecule has 1 atom stereocenters. The lowest BCUT2D eigenvalue weighted by Crippen LogP contribution is -2.04. The van der Waals surface area contributed by atoms with Gasteiger partial charge in [-0.25, -0.2) is 8.42 Å². The minimum atomic E-state index is -3.40. The number of rotatable bonds is 3. The van der Waals surface area contributed by atoms with Gasteiger partial charge < -0.3 is 9.84 Å². The lowest BCUT2D eigenvalue weighted by Gasteiger charge is -2.13. The number of ether oxygens (including phenoxy) is 1. The molecule has 1 aromatic rings. The van der Waals surface area contributed by atoms with Crippen molar-refractivity contribution in [3.8, 4) is 5.75 Å². The summed E-state index contributed by atoms with van der Waals surface area (Å²) in [6.07, 6.45) is 0. The first-order valence-corrected chi connectivity index (χ1v) is 6.81. The molecule has 1 N–H and O–H groups in total. The van der Waals surface area contributed by atoms with Gasteiger partial charge in [0.2, 0.25) is 9.84 Å². The molecule has 0 bridgehead atoms. The first kappa shape index (κ1) is 12.1. The smallest absolute Gasteiger partial charge is 0.200 e. The molecule has 1 aliphatic rings. The van der Waals surface area contributed by atoms with E-state index in [2.05, 4.69) is 0 Å². The van der Waals surface area contributed by atoms with Crippen LogP contribution in [0, 0.1) is 5.92 Å². The highest BCUT2D eigenvalue weighted by Crippen LogP contribution is 2.42. The molecule has 4 nitrogen and oxygen atoms in total. The summed E-state index contributed by atoms with van der Waals surface area (Å²) in [6.45, 7) is 1.68. The van der Waals surface area contributed by atoms with Crippen LogP contribution < -0.4 is 4.74 Å². The van der Waals surface area contributed by atoms with Gasteiger partial charge in [-0.05, 0) is 17.7 Å². The van der Waals surface area contributed by atoms with E-state index in [1.54, 1.807) is 25.1 Å². The predicted octanol–water partition coefficient (Wildman–Crippen LogP) is 1.45. The molecule has 0 radical (unpaired) electrons. The van der Waals surface area contributed by atoms with Crippen molar-refractivity contribution in [3.63, 3.8) is 0 Å². The van der Waals surface area contributed by atoms with Crippen molar-refractivity contribution in [2.75, 3.05) is 13.7 Å². The highest BCUT2D eigenvalue weighted by molar-refractivity contribution is 7.95. The quantitative estimate of drug-likeness (QED) is 0.886. The number of aliphatic hydroxyl groups excluding tert-OH is 1. The molecule has 0 fully saturated rings. The summed E-state index contributed by atoms with van der Waals surface area (Å²) in [4.78, 5) is 0.257. The van der Waals surface area contributed by atoms with Gasteiger partial charge in [-0.15, -0.1) is 0 Å². The Morgan fingerprint density at radius 1 is 1.41 bits per heavy atom. The van der Waals surface area contributed by atoms with Gasteiger partial charge in [0.05, 0.1) is 12.0 Å². The van der Waals surface area contributed by atoms with E-state index >= 15 is 0 Å². The zero-order valence-corrected chi connectivity index (χ0v) is 10.5. The van der Waals surface area contributed by atoms with Crippen LogP contribution in [0.25, 0.3) is 5.57 Å². The van der Waals surface area contributed by atoms with Gasteiger partial charge >= 0.3 is 0 Å². The normalized spacial score (nSPS) is 18.4. The third-order valence-corrected chi connectivity index (χ3v) is 4.41. The molecule has 0 aromatic heterocycles. The molecule has 2 rings (SSSR count). The minimum absolute atomic E-state index is 0.0984. The zero-order valence-electron chi connectivity index (χ0n) is 9.67. The summed E-state index contributed by atoms with van der Waals surface area (Å²) in [5.41, 5.74) is 1.19. The Balaban J connectivity index is 2.71. The average Bonchev–Trinajstić information content (AvgIpc) is 2.61. The maximum atomic E-state index is 11.9. The molecule has 1 unspecified atom stereocenters. The Morgan fingerprint density at radius 3 is 2.71 bits per heavy atom. The fraction of sp³-hybridized carbons (Fsp3) is 0.333. The number of benzene rings is 1. The maximum absolute atomic E-state index is 11.9. The number of hydrogen-bond donors (Lipinski definition) is 1. The van der Waals surface area contributed by atoms with Gasteiger partial charge in [0.25, 0.3) is 0 Å². The van der Waals surface area contributed by atoms with Crippen LogP contribution in [0.2, 0.25) is 0 Å². The number of aliphatic hydroxyl groups is 1. The average molecular weight is 254 g/mol. The van der Waals surface area contributed by atoms with Crippen molar-refractivity contribution < 1.29 is 18.3 Å². The van der Waals surface area contributed by atoms with E-state index in [1.807, 2.05) is 0 Å². The highest BCUT2D eigenvalue weighted by Gasteiger charge is 2.31. The fourth-order valence-electron chi connectivity index (χ4n) is 1.95. The summed E-state index contributed by atoms with van der Waals surface area (Å²) in [5.74, 6) is 0.289. The van der Waals surface area contributed by atoms with Crippen molar-refractivity contribution in [3.05, 3.63) is 29.2 Å². The van der Waals surface area contributed by atoms with E-state index in [4.69, 9.17) is 4.74 Å². The lowest BCUT2D eigenvalue weighted by atomic mass is 9.95. The zero-order chi connectivity index (χ0) is 12.6. The lowest BCUT2D eigenvalue weighted by molar-refractivity contribution is 0.266. The predicted molar refractivity (Wildman–Crippen MR) is 64.4 cm³/mol. The van der Waals surface area contributed by atoms with Crippen LogP contribution in [0.1, 0.15) is 12.5 Å². The second kappa shape index (κ2) is 4.16. The van der Waals surface area contributed by atoms with E-state index in [0.29, 0.717) is 16.9 Å². The van der Waals surface area contributed by atoms with Gasteiger partial charge in [0.1, 0.15) is 5.75 Å². The highest BCUT2D eigenvalue weighted by atomic mass is 32.2. The maximum Gasteiger partial charge on any atom is 0.200 e. The summed E-state index contributed by atoms with van der Waals surface area (Å²) < 4.78 is 29.1. The topological polar surface area (TPSA) is 63.6 Å². The van der Waals surface area contributed by atoms with Gasteiger partial charge in [0, 0.05) is 23.5 Å². The van der Waals surface area contributed by atoms with Gasteiger partial charge in [-0.3, -0.25) is 0 Å². The molecular formula is C12H14O4S. The summed E-state index contributed by atoms with van der Waals surface area (Å²) in [6, 6.07) is 4.92. The molecule has 1 aliphatic heterocycles. The molecule has 5 heteroatoms. The molecule has 92 valence electrons. The van der Waals surface area contributed by atoms with Crippen molar-refractivity contribution in [2.24, 2.45) is 5.92 Å². The second-order valence-corrected chi connectivity index (χ2v) is 5.80.